The summed E-state index contributed by atoms with van der Waals surface area (Å²) in [5, 5.41) is 5.80. The predicted octanol–water partition coefficient (Wildman–Crippen LogP) is 2.46. The van der Waals surface area contributed by atoms with E-state index in [4.69, 9.17) is 0 Å². The fraction of sp³-hybridized carbons (Fsp3) is 0.571. The van der Waals surface area contributed by atoms with E-state index >= 15 is 0 Å². The summed E-state index contributed by atoms with van der Waals surface area (Å²) in [4.78, 5) is 15.6. The van der Waals surface area contributed by atoms with Gasteiger partial charge in [0.2, 0.25) is 0 Å². The lowest BCUT2D eigenvalue weighted by Crippen LogP contribution is -2.38. The number of urea groups is 1. The fourth-order valence-corrected chi connectivity index (χ4v) is 2.38. The van der Waals surface area contributed by atoms with Gasteiger partial charge in [-0.05, 0) is 30.4 Å². The van der Waals surface area contributed by atoms with Gasteiger partial charge in [0.15, 0.2) is 0 Å². The van der Waals surface area contributed by atoms with E-state index in [1.807, 2.05) is 12.1 Å². The maximum Gasteiger partial charge on any atom is 0.315 e. The van der Waals surface area contributed by atoms with Gasteiger partial charge in [-0.2, -0.15) is 0 Å². The molecule has 98 valence electrons. The third-order valence-corrected chi connectivity index (χ3v) is 3.45. The SMILES string of the molecule is O=C(NCc1cccnc1)NCC1CCCCC1. The van der Waals surface area contributed by atoms with Crippen molar-refractivity contribution in [1.29, 1.82) is 0 Å². The molecule has 2 rings (SSSR count). The molecule has 4 nitrogen and oxygen atoms in total. The minimum absolute atomic E-state index is 0.0792. The standard InChI is InChI=1S/C14H21N3O/c18-14(16-10-12-5-2-1-3-6-12)17-11-13-7-4-8-15-9-13/h4,7-9,12H,1-3,5-6,10-11H2,(H2,16,17,18). The Morgan fingerprint density at radius 1 is 1.28 bits per heavy atom. The quantitative estimate of drug-likeness (QED) is 0.858. The van der Waals surface area contributed by atoms with Gasteiger partial charge in [-0.15, -0.1) is 0 Å². The van der Waals surface area contributed by atoms with Gasteiger partial charge in [0.05, 0.1) is 0 Å². The van der Waals surface area contributed by atoms with Gasteiger partial charge >= 0.3 is 6.03 Å². The maximum atomic E-state index is 11.6. The lowest BCUT2D eigenvalue weighted by molar-refractivity contribution is 0.236. The van der Waals surface area contributed by atoms with Crippen LogP contribution in [0.25, 0.3) is 0 Å². The van der Waals surface area contributed by atoms with Gasteiger partial charge in [0.25, 0.3) is 0 Å². The van der Waals surface area contributed by atoms with Gasteiger partial charge in [0.1, 0.15) is 0 Å². The summed E-state index contributed by atoms with van der Waals surface area (Å²) in [5.41, 5.74) is 1.02. The van der Waals surface area contributed by atoms with E-state index in [0.717, 1.165) is 12.1 Å². The number of nitrogens with one attached hydrogen (secondary N) is 2. The minimum atomic E-state index is -0.0792. The Kier molecular flexibility index (Phi) is 5.00. The largest absolute Gasteiger partial charge is 0.338 e. The summed E-state index contributed by atoms with van der Waals surface area (Å²) in [6.45, 7) is 1.34. The number of amides is 2. The van der Waals surface area contributed by atoms with Crippen LogP contribution in [-0.4, -0.2) is 17.6 Å². The summed E-state index contributed by atoms with van der Waals surface area (Å²) in [6.07, 6.45) is 9.97. The second-order valence-corrected chi connectivity index (χ2v) is 4.93. The minimum Gasteiger partial charge on any atom is -0.338 e. The van der Waals surface area contributed by atoms with Gasteiger partial charge in [-0.25, -0.2) is 4.79 Å². The number of carbonyl (C=O) groups is 1. The fourth-order valence-electron chi connectivity index (χ4n) is 2.38. The van der Waals surface area contributed by atoms with Crippen molar-refractivity contribution in [3.63, 3.8) is 0 Å². The second kappa shape index (κ2) is 6.99. The van der Waals surface area contributed by atoms with Crippen LogP contribution in [0.1, 0.15) is 37.7 Å². The molecule has 0 saturated heterocycles. The molecule has 0 spiro atoms. The van der Waals surface area contributed by atoms with E-state index in [-0.39, 0.29) is 6.03 Å². The highest BCUT2D eigenvalue weighted by Crippen LogP contribution is 2.22. The molecule has 18 heavy (non-hydrogen) atoms. The molecule has 0 atom stereocenters. The highest BCUT2D eigenvalue weighted by molar-refractivity contribution is 5.73. The molecule has 0 radical (unpaired) electrons. The van der Waals surface area contributed by atoms with Crippen LogP contribution in [0.2, 0.25) is 0 Å². The molecule has 0 bridgehead atoms. The molecule has 2 amide bonds. The molecular weight excluding hydrogens is 226 g/mol. The van der Waals surface area contributed by atoms with Crippen molar-refractivity contribution < 1.29 is 4.79 Å². The Morgan fingerprint density at radius 2 is 2.11 bits per heavy atom. The molecular formula is C14H21N3O. The number of rotatable bonds is 4. The van der Waals surface area contributed by atoms with Gasteiger partial charge < -0.3 is 10.6 Å². The zero-order chi connectivity index (χ0) is 12.6. The molecule has 0 aliphatic heterocycles. The zero-order valence-electron chi connectivity index (χ0n) is 10.7. The molecule has 1 saturated carbocycles. The van der Waals surface area contributed by atoms with Crippen LogP contribution in [0.4, 0.5) is 4.79 Å². The molecule has 0 unspecified atom stereocenters. The Balaban J connectivity index is 1.63. The van der Waals surface area contributed by atoms with Crippen molar-refractivity contribution in [3.05, 3.63) is 30.1 Å². The Hall–Kier alpha value is -1.58. The number of hydrogen-bond donors (Lipinski definition) is 2. The molecule has 1 aromatic heterocycles. The Morgan fingerprint density at radius 3 is 2.83 bits per heavy atom. The summed E-state index contributed by atoms with van der Waals surface area (Å²) in [7, 11) is 0. The van der Waals surface area contributed by atoms with Crippen LogP contribution in [0.3, 0.4) is 0 Å². The van der Waals surface area contributed by atoms with Crippen LogP contribution in [0.15, 0.2) is 24.5 Å². The maximum absolute atomic E-state index is 11.6. The molecule has 1 aliphatic rings. The molecule has 0 aromatic carbocycles. The van der Waals surface area contributed by atoms with Crippen LogP contribution >= 0.6 is 0 Å². The molecule has 1 aliphatic carbocycles. The van der Waals surface area contributed by atoms with Crippen LogP contribution in [-0.2, 0) is 6.54 Å². The first-order valence-corrected chi connectivity index (χ1v) is 6.75. The van der Waals surface area contributed by atoms with E-state index in [1.165, 1.54) is 32.1 Å². The lowest BCUT2D eigenvalue weighted by Gasteiger charge is -2.21. The summed E-state index contributed by atoms with van der Waals surface area (Å²) >= 11 is 0. The molecule has 1 aromatic rings. The summed E-state index contributed by atoms with van der Waals surface area (Å²) in [5.74, 6) is 0.669. The van der Waals surface area contributed by atoms with E-state index in [2.05, 4.69) is 15.6 Å². The molecule has 2 N–H and O–H groups in total. The van der Waals surface area contributed by atoms with Gasteiger partial charge in [-0.1, -0.05) is 25.3 Å². The second-order valence-electron chi connectivity index (χ2n) is 4.93. The number of carbonyl (C=O) groups excluding carboxylic acids is 1. The van der Waals surface area contributed by atoms with E-state index < -0.39 is 0 Å². The smallest absolute Gasteiger partial charge is 0.315 e. The average molecular weight is 247 g/mol. The number of nitrogens with zero attached hydrogens (tertiary/aromatic N) is 1. The molecule has 4 heteroatoms. The molecule has 1 heterocycles. The first-order valence-electron chi connectivity index (χ1n) is 6.75. The van der Waals surface area contributed by atoms with E-state index in [0.29, 0.717) is 12.5 Å². The van der Waals surface area contributed by atoms with Crippen molar-refractivity contribution in [2.75, 3.05) is 6.54 Å². The highest BCUT2D eigenvalue weighted by Gasteiger charge is 2.13. The van der Waals surface area contributed by atoms with Gasteiger partial charge in [-0.3, -0.25) is 4.98 Å². The van der Waals surface area contributed by atoms with Crippen molar-refractivity contribution in [1.82, 2.24) is 15.6 Å². The van der Waals surface area contributed by atoms with Crippen molar-refractivity contribution >= 4 is 6.03 Å². The Bertz CT molecular complexity index is 361. The van der Waals surface area contributed by atoms with Crippen LogP contribution < -0.4 is 10.6 Å². The topological polar surface area (TPSA) is 54.0 Å². The van der Waals surface area contributed by atoms with E-state index in [9.17, 15) is 4.79 Å². The predicted molar refractivity (Wildman–Crippen MR) is 71.1 cm³/mol. The lowest BCUT2D eigenvalue weighted by atomic mass is 9.89. The third-order valence-electron chi connectivity index (χ3n) is 3.45. The average Bonchev–Trinajstić information content (AvgIpc) is 2.45. The summed E-state index contributed by atoms with van der Waals surface area (Å²) < 4.78 is 0. The van der Waals surface area contributed by atoms with E-state index in [1.54, 1.807) is 12.4 Å². The van der Waals surface area contributed by atoms with Crippen LogP contribution in [0, 0.1) is 5.92 Å². The zero-order valence-corrected chi connectivity index (χ0v) is 10.7. The summed E-state index contributed by atoms with van der Waals surface area (Å²) in [6, 6.07) is 3.75. The third kappa shape index (κ3) is 4.35. The van der Waals surface area contributed by atoms with Crippen molar-refractivity contribution in [3.8, 4) is 0 Å². The van der Waals surface area contributed by atoms with Gasteiger partial charge in [0, 0.05) is 25.5 Å². The molecule has 1 fully saturated rings. The van der Waals surface area contributed by atoms with Crippen LogP contribution in [0.5, 0.6) is 0 Å². The highest BCUT2D eigenvalue weighted by atomic mass is 16.2. The first-order chi connectivity index (χ1) is 8.84. The number of pyridine rings is 1. The van der Waals surface area contributed by atoms with Crippen molar-refractivity contribution in [2.45, 2.75) is 38.6 Å². The van der Waals surface area contributed by atoms with Crippen molar-refractivity contribution in [2.24, 2.45) is 5.92 Å². The number of aromatic nitrogens is 1. The monoisotopic (exact) mass is 247 g/mol. The number of hydrogen-bond acceptors (Lipinski definition) is 2. The first kappa shape index (κ1) is 12.9. The Labute approximate surface area is 108 Å². The normalized spacial score (nSPS) is 16.2.